The Bertz CT molecular complexity index is 1020. The van der Waals surface area contributed by atoms with Gasteiger partial charge in [-0.05, 0) is 42.7 Å². The summed E-state index contributed by atoms with van der Waals surface area (Å²) in [6.45, 7) is 2.67. The van der Waals surface area contributed by atoms with Gasteiger partial charge in [0, 0.05) is 43.1 Å². The van der Waals surface area contributed by atoms with E-state index in [9.17, 15) is 4.79 Å². The summed E-state index contributed by atoms with van der Waals surface area (Å²) in [7, 11) is 0. The van der Waals surface area contributed by atoms with Crippen LogP contribution < -0.4 is 10.1 Å². The van der Waals surface area contributed by atoms with Gasteiger partial charge in [-0.3, -0.25) is 14.3 Å². The molecule has 1 aromatic carbocycles. The fourth-order valence-corrected chi connectivity index (χ4v) is 3.84. The molecule has 162 valence electrons. The zero-order valence-corrected chi connectivity index (χ0v) is 18.4. The first-order chi connectivity index (χ1) is 15.0. The number of piperidine rings is 1. The van der Waals surface area contributed by atoms with Gasteiger partial charge >= 0.3 is 0 Å². The lowest BCUT2D eigenvalue weighted by Crippen LogP contribution is -2.45. The highest BCUT2D eigenvalue weighted by atomic mass is 35.5. The molecule has 0 spiro atoms. The van der Waals surface area contributed by atoms with Crippen LogP contribution in [0.1, 0.15) is 18.4 Å². The minimum atomic E-state index is -0.113. The molecule has 0 saturated carbocycles. The van der Waals surface area contributed by atoms with Crippen molar-refractivity contribution < 1.29 is 9.53 Å². The van der Waals surface area contributed by atoms with E-state index in [1.54, 1.807) is 36.7 Å². The van der Waals surface area contributed by atoms with Crippen LogP contribution in [0.4, 0.5) is 0 Å². The second-order valence-corrected chi connectivity index (χ2v) is 8.37. The molecule has 1 saturated heterocycles. The van der Waals surface area contributed by atoms with Crippen molar-refractivity contribution in [2.45, 2.75) is 25.4 Å². The molecule has 4 rings (SSSR count). The van der Waals surface area contributed by atoms with E-state index < -0.39 is 0 Å². The Kier molecular flexibility index (Phi) is 7.06. The van der Waals surface area contributed by atoms with Crippen LogP contribution in [-0.4, -0.2) is 51.1 Å². The molecule has 3 aromatic rings. The van der Waals surface area contributed by atoms with E-state index in [2.05, 4.69) is 26.3 Å². The zero-order chi connectivity index (χ0) is 21.6. The SMILES string of the molecule is O=C(COc1cccc(Cl)c1)NC1CCN(Cc2ccn(-c3ncc(Cl)cn3)c2)CC1. The fourth-order valence-electron chi connectivity index (χ4n) is 3.57. The van der Waals surface area contributed by atoms with E-state index >= 15 is 0 Å². The Hall–Kier alpha value is -2.61. The third-order valence-electron chi connectivity index (χ3n) is 5.12. The van der Waals surface area contributed by atoms with Gasteiger partial charge in [0.1, 0.15) is 5.75 Å². The van der Waals surface area contributed by atoms with E-state index in [-0.39, 0.29) is 18.6 Å². The van der Waals surface area contributed by atoms with Crippen molar-refractivity contribution in [3.05, 3.63) is 70.7 Å². The van der Waals surface area contributed by atoms with Crippen LogP contribution in [-0.2, 0) is 11.3 Å². The first-order valence-corrected chi connectivity index (χ1v) is 10.9. The van der Waals surface area contributed by atoms with Gasteiger partial charge in [-0.2, -0.15) is 0 Å². The summed E-state index contributed by atoms with van der Waals surface area (Å²) in [5.74, 6) is 1.07. The topological polar surface area (TPSA) is 72.3 Å². The number of amides is 1. The first kappa shape index (κ1) is 21.6. The molecular formula is C22H23Cl2N5O2. The standard InChI is InChI=1S/C22H23Cl2N5O2/c23-17-2-1-3-20(10-17)31-15-21(30)27-19-5-7-28(8-6-19)13-16-4-9-29(14-16)22-25-11-18(24)12-26-22/h1-4,9-12,14,19H,5-8,13,15H2,(H,27,30). The predicted molar refractivity (Wildman–Crippen MR) is 120 cm³/mol. The maximum absolute atomic E-state index is 12.2. The average molecular weight is 460 g/mol. The number of hydrogen-bond acceptors (Lipinski definition) is 5. The van der Waals surface area contributed by atoms with Crippen LogP contribution in [0.25, 0.3) is 5.95 Å². The molecule has 0 bridgehead atoms. The van der Waals surface area contributed by atoms with E-state index in [1.165, 1.54) is 5.56 Å². The van der Waals surface area contributed by atoms with Crippen molar-refractivity contribution in [2.75, 3.05) is 19.7 Å². The second kappa shape index (κ2) is 10.1. The number of likely N-dealkylation sites (tertiary alicyclic amines) is 1. The first-order valence-electron chi connectivity index (χ1n) is 10.1. The number of ether oxygens (including phenoxy) is 1. The smallest absolute Gasteiger partial charge is 0.258 e. The maximum atomic E-state index is 12.2. The third kappa shape index (κ3) is 6.19. The van der Waals surface area contributed by atoms with Crippen LogP contribution >= 0.6 is 23.2 Å². The highest BCUT2D eigenvalue weighted by Gasteiger charge is 2.21. The Labute approximate surface area is 191 Å². The number of aromatic nitrogens is 3. The van der Waals surface area contributed by atoms with Crippen LogP contribution in [0.2, 0.25) is 10.0 Å². The molecule has 31 heavy (non-hydrogen) atoms. The Morgan fingerprint density at radius 2 is 1.90 bits per heavy atom. The summed E-state index contributed by atoms with van der Waals surface area (Å²) in [4.78, 5) is 23.0. The monoisotopic (exact) mass is 459 g/mol. The molecular weight excluding hydrogens is 437 g/mol. The molecule has 1 fully saturated rings. The number of nitrogens with one attached hydrogen (secondary N) is 1. The predicted octanol–water partition coefficient (Wildman–Crippen LogP) is 3.73. The summed E-state index contributed by atoms with van der Waals surface area (Å²) < 4.78 is 7.40. The molecule has 1 amide bonds. The summed E-state index contributed by atoms with van der Waals surface area (Å²) >= 11 is 11.8. The van der Waals surface area contributed by atoms with Crippen molar-refractivity contribution in [3.63, 3.8) is 0 Å². The van der Waals surface area contributed by atoms with E-state index in [0.29, 0.717) is 21.7 Å². The molecule has 1 aliphatic rings. The van der Waals surface area contributed by atoms with Gasteiger partial charge in [0.15, 0.2) is 6.61 Å². The van der Waals surface area contributed by atoms with E-state index in [4.69, 9.17) is 27.9 Å². The lowest BCUT2D eigenvalue weighted by atomic mass is 10.0. The van der Waals surface area contributed by atoms with Crippen molar-refractivity contribution in [2.24, 2.45) is 0 Å². The van der Waals surface area contributed by atoms with Crippen LogP contribution in [0, 0.1) is 0 Å². The molecule has 9 heteroatoms. The number of hydrogen-bond donors (Lipinski definition) is 1. The van der Waals surface area contributed by atoms with Crippen molar-refractivity contribution in [1.82, 2.24) is 24.8 Å². The molecule has 7 nitrogen and oxygen atoms in total. The van der Waals surface area contributed by atoms with Gasteiger partial charge in [0.05, 0.1) is 17.4 Å². The molecule has 0 radical (unpaired) electrons. The highest BCUT2D eigenvalue weighted by Crippen LogP contribution is 2.18. The quantitative estimate of drug-likeness (QED) is 0.582. The van der Waals surface area contributed by atoms with Crippen LogP contribution in [0.15, 0.2) is 55.1 Å². The number of halogens is 2. The number of nitrogens with zero attached hydrogens (tertiary/aromatic N) is 4. The third-order valence-corrected chi connectivity index (χ3v) is 5.55. The van der Waals surface area contributed by atoms with Gasteiger partial charge in [-0.1, -0.05) is 29.3 Å². The van der Waals surface area contributed by atoms with Gasteiger partial charge in [-0.15, -0.1) is 0 Å². The Balaban J connectivity index is 1.20. The minimum absolute atomic E-state index is 0.0131. The van der Waals surface area contributed by atoms with Crippen molar-refractivity contribution >= 4 is 29.1 Å². The highest BCUT2D eigenvalue weighted by molar-refractivity contribution is 6.30. The van der Waals surface area contributed by atoms with Gasteiger partial charge < -0.3 is 10.1 Å². The largest absolute Gasteiger partial charge is 0.484 e. The molecule has 3 heterocycles. The lowest BCUT2D eigenvalue weighted by Gasteiger charge is -2.32. The van der Waals surface area contributed by atoms with Gasteiger partial charge in [0.2, 0.25) is 5.95 Å². The number of carbonyl (C=O) groups is 1. The van der Waals surface area contributed by atoms with E-state index in [0.717, 1.165) is 32.5 Å². The average Bonchev–Trinajstić information content (AvgIpc) is 3.23. The molecule has 1 N–H and O–H groups in total. The van der Waals surface area contributed by atoms with Crippen molar-refractivity contribution in [1.29, 1.82) is 0 Å². The summed E-state index contributed by atoms with van der Waals surface area (Å²) in [5.41, 5.74) is 1.19. The van der Waals surface area contributed by atoms with Crippen LogP contribution in [0.5, 0.6) is 5.75 Å². The minimum Gasteiger partial charge on any atom is -0.484 e. The van der Waals surface area contributed by atoms with Gasteiger partial charge in [-0.25, -0.2) is 9.97 Å². The van der Waals surface area contributed by atoms with Gasteiger partial charge in [0.25, 0.3) is 5.91 Å². The number of benzene rings is 1. The van der Waals surface area contributed by atoms with E-state index in [1.807, 2.05) is 17.0 Å². The summed E-state index contributed by atoms with van der Waals surface area (Å²) in [6, 6.07) is 9.27. The molecule has 0 unspecified atom stereocenters. The zero-order valence-electron chi connectivity index (χ0n) is 16.9. The molecule has 0 atom stereocenters. The Morgan fingerprint density at radius 1 is 1.13 bits per heavy atom. The normalized spacial score (nSPS) is 15.0. The Morgan fingerprint density at radius 3 is 2.65 bits per heavy atom. The second-order valence-electron chi connectivity index (χ2n) is 7.49. The summed E-state index contributed by atoms with van der Waals surface area (Å²) in [5, 5.41) is 4.16. The molecule has 2 aromatic heterocycles. The number of carbonyl (C=O) groups excluding carboxylic acids is 1. The molecule has 0 aliphatic carbocycles. The number of rotatable bonds is 7. The van der Waals surface area contributed by atoms with Crippen LogP contribution in [0.3, 0.4) is 0 Å². The summed E-state index contributed by atoms with van der Waals surface area (Å²) in [6.07, 6.45) is 8.97. The lowest BCUT2D eigenvalue weighted by molar-refractivity contribution is -0.124. The van der Waals surface area contributed by atoms with Crippen molar-refractivity contribution in [3.8, 4) is 11.7 Å². The molecule has 1 aliphatic heterocycles. The fraction of sp³-hybridized carbons (Fsp3) is 0.318. The maximum Gasteiger partial charge on any atom is 0.258 e.